The van der Waals surface area contributed by atoms with E-state index < -0.39 is 17.2 Å². The first-order chi connectivity index (χ1) is 9.21. The fourth-order valence-electron chi connectivity index (χ4n) is 2.04. The van der Waals surface area contributed by atoms with Crippen molar-refractivity contribution in [3.63, 3.8) is 0 Å². The van der Waals surface area contributed by atoms with Gasteiger partial charge < -0.3 is 5.73 Å². The standard InChI is InChI=1S/C13H12F3N3O/c1-12(11(17)20)4-8(5-12)2-3-10-18-6-9(7-19-10)13(14,15)16/h6-8H,4-5H2,1H3,(H2,17,20). The normalized spacial score (nSPS) is 25.3. The van der Waals surface area contributed by atoms with E-state index in [1.807, 2.05) is 0 Å². The number of nitrogens with zero attached hydrogens (tertiary/aromatic N) is 2. The topological polar surface area (TPSA) is 68.9 Å². The van der Waals surface area contributed by atoms with Crippen molar-refractivity contribution in [3.8, 4) is 11.8 Å². The molecule has 0 bridgehead atoms. The maximum Gasteiger partial charge on any atom is 0.419 e. The molecular formula is C13H12F3N3O. The Morgan fingerprint density at radius 2 is 1.95 bits per heavy atom. The van der Waals surface area contributed by atoms with E-state index in [0.29, 0.717) is 25.2 Å². The number of carbonyl (C=O) groups is 1. The Kier molecular flexibility index (Phi) is 3.42. The Morgan fingerprint density at radius 1 is 1.40 bits per heavy atom. The molecule has 0 spiro atoms. The average Bonchev–Trinajstić information content (AvgIpc) is 2.32. The molecule has 0 atom stereocenters. The lowest BCUT2D eigenvalue weighted by atomic mass is 9.63. The Balaban J connectivity index is 2.00. The van der Waals surface area contributed by atoms with Gasteiger partial charge in [-0.3, -0.25) is 4.79 Å². The lowest BCUT2D eigenvalue weighted by Gasteiger charge is -2.39. The van der Waals surface area contributed by atoms with Crippen LogP contribution in [0, 0.1) is 23.2 Å². The van der Waals surface area contributed by atoms with E-state index in [0.717, 1.165) is 0 Å². The monoisotopic (exact) mass is 283 g/mol. The first-order valence-electron chi connectivity index (χ1n) is 5.91. The zero-order chi connectivity index (χ0) is 15.0. The van der Waals surface area contributed by atoms with Crippen LogP contribution in [0.3, 0.4) is 0 Å². The van der Waals surface area contributed by atoms with Gasteiger partial charge in [-0.1, -0.05) is 12.8 Å². The van der Waals surface area contributed by atoms with E-state index >= 15 is 0 Å². The van der Waals surface area contributed by atoms with Gasteiger partial charge in [-0.05, 0) is 18.8 Å². The summed E-state index contributed by atoms with van der Waals surface area (Å²) >= 11 is 0. The van der Waals surface area contributed by atoms with Crippen LogP contribution in [-0.2, 0) is 11.0 Å². The number of rotatable bonds is 1. The molecule has 2 rings (SSSR count). The van der Waals surface area contributed by atoms with E-state index in [1.54, 1.807) is 6.92 Å². The van der Waals surface area contributed by atoms with E-state index in [-0.39, 0.29) is 17.6 Å². The van der Waals surface area contributed by atoms with Crippen molar-refractivity contribution < 1.29 is 18.0 Å². The van der Waals surface area contributed by atoms with Gasteiger partial charge in [0, 0.05) is 23.7 Å². The summed E-state index contributed by atoms with van der Waals surface area (Å²) < 4.78 is 36.9. The van der Waals surface area contributed by atoms with Crippen molar-refractivity contribution in [2.45, 2.75) is 25.9 Å². The molecule has 1 aliphatic rings. The molecule has 1 amide bonds. The van der Waals surface area contributed by atoms with E-state index in [4.69, 9.17) is 5.73 Å². The number of primary amides is 1. The van der Waals surface area contributed by atoms with Gasteiger partial charge in [-0.15, -0.1) is 0 Å². The van der Waals surface area contributed by atoms with Gasteiger partial charge in [0.25, 0.3) is 0 Å². The molecule has 1 heterocycles. The van der Waals surface area contributed by atoms with Crippen LogP contribution in [0.25, 0.3) is 0 Å². The molecule has 0 saturated heterocycles. The molecule has 7 heteroatoms. The molecule has 1 fully saturated rings. The molecular weight excluding hydrogens is 271 g/mol. The van der Waals surface area contributed by atoms with Crippen molar-refractivity contribution in [2.75, 3.05) is 0 Å². The Bertz CT molecular complexity index is 578. The zero-order valence-electron chi connectivity index (χ0n) is 10.7. The maximum absolute atomic E-state index is 12.3. The van der Waals surface area contributed by atoms with Crippen LogP contribution in [0.15, 0.2) is 12.4 Å². The first kappa shape index (κ1) is 14.3. The fraction of sp³-hybridized carbons (Fsp3) is 0.462. The second-order valence-electron chi connectivity index (χ2n) is 5.09. The number of alkyl halides is 3. The number of amides is 1. The summed E-state index contributed by atoms with van der Waals surface area (Å²) in [5.41, 5.74) is 3.80. The largest absolute Gasteiger partial charge is 0.419 e. The predicted molar refractivity (Wildman–Crippen MR) is 63.9 cm³/mol. The Hall–Kier alpha value is -2.10. The summed E-state index contributed by atoms with van der Waals surface area (Å²) in [6.45, 7) is 1.77. The number of hydrogen-bond donors (Lipinski definition) is 1. The third kappa shape index (κ3) is 2.90. The molecule has 4 nitrogen and oxygen atoms in total. The van der Waals surface area contributed by atoms with Crippen LogP contribution in [0.2, 0.25) is 0 Å². The molecule has 1 aromatic rings. The second kappa shape index (κ2) is 4.78. The third-order valence-electron chi connectivity index (χ3n) is 3.36. The molecule has 106 valence electrons. The molecule has 0 aliphatic heterocycles. The highest BCUT2D eigenvalue weighted by Crippen LogP contribution is 2.44. The number of carbonyl (C=O) groups excluding carboxylic acids is 1. The van der Waals surface area contributed by atoms with Crippen LogP contribution in [0.5, 0.6) is 0 Å². The minimum absolute atomic E-state index is 0.00149. The summed E-state index contributed by atoms with van der Waals surface area (Å²) in [4.78, 5) is 18.2. The molecule has 1 aliphatic carbocycles. The molecule has 0 unspecified atom stereocenters. The molecule has 20 heavy (non-hydrogen) atoms. The number of nitrogens with two attached hydrogens (primary N) is 1. The smallest absolute Gasteiger partial charge is 0.369 e. The van der Waals surface area contributed by atoms with Crippen molar-refractivity contribution >= 4 is 5.91 Å². The lowest BCUT2D eigenvalue weighted by Crippen LogP contribution is -2.44. The van der Waals surface area contributed by atoms with Gasteiger partial charge in [0.05, 0.1) is 5.56 Å². The zero-order valence-corrected chi connectivity index (χ0v) is 10.7. The summed E-state index contributed by atoms with van der Waals surface area (Å²) in [5, 5.41) is 0. The Labute approximate surface area is 113 Å². The molecule has 0 radical (unpaired) electrons. The highest BCUT2D eigenvalue weighted by atomic mass is 19.4. The minimum Gasteiger partial charge on any atom is -0.369 e. The third-order valence-corrected chi connectivity index (χ3v) is 3.36. The van der Waals surface area contributed by atoms with E-state index in [2.05, 4.69) is 21.8 Å². The van der Waals surface area contributed by atoms with Crippen molar-refractivity contribution in [3.05, 3.63) is 23.8 Å². The van der Waals surface area contributed by atoms with Crippen LogP contribution in [0.4, 0.5) is 13.2 Å². The maximum atomic E-state index is 12.3. The van der Waals surface area contributed by atoms with E-state index in [9.17, 15) is 18.0 Å². The highest BCUT2D eigenvalue weighted by molar-refractivity contribution is 5.81. The Morgan fingerprint density at radius 3 is 2.40 bits per heavy atom. The molecule has 1 aromatic heterocycles. The fourth-order valence-corrected chi connectivity index (χ4v) is 2.04. The van der Waals surface area contributed by atoms with Gasteiger partial charge >= 0.3 is 6.18 Å². The summed E-state index contributed by atoms with van der Waals surface area (Å²) in [5.74, 6) is 5.12. The van der Waals surface area contributed by atoms with Gasteiger partial charge in [0.1, 0.15) is 0 Å². The average molecular weight is 283 g/mol. The SMILES string of the molecule is CC1(C(N)=O)CC(C#Cc2ncc(C(F)(F)F)cn2)C1. The predicted octanol–water partition coefficient (Wildman–Crippen LogP) is 1.75. The summed E-state index contributed by atoms with van der Waals surface area (Å²) in [6.07, 6.45) is -1.95. The van der Waals surface area contributed by atoms with E-state index in [1.165, 1.54) is 0 Å². The van der Waals surface area contributed by atoms with Crippen LogP contribution in [-0.4, -0.2) is 15.9 Å². The van der Waals surface area contributed by atoms with Gasteiger partial charge in [0.15, 0.2) is 0 Å². The van der Waals surface area contributed by atoms with Crippen LogP contribution >= 0.6 is 0 Å². The van der Waals surface area contributed by atoms with Gasteiger partial charge in [-0.2, -0.15) is 13.2 Å². The van der Waals surface area contributed by atoms with Crippen LogP contribution in [0.1, 0.15) is 31.2 Å². The first-order valence-corrected chi connectivity index (χ1v) is 5.91. The number of halogens is 3. The molecule has 2 N–H and O–H groups in total. The molecule has 0 aromatic carbocycles. The highest BCUT2D eigenvalue weighted by Gasteiger charge is 2.44. The van der Waals surface area contributed by atoms with Crippen molar-refractivity contribution in [1.29, 1.82) is 0 Å². The quantitative estimate of drug-likeness (QED) is 0.798. The number of hydrogen-bond acceptors (Lipinski definition) is 3. The minimum atomic E-state index is -4.46. The van der Waals surface area contributed by atoms with Gasteiger partial charge in [0.2, 0.25) is 11.7 Å². The summed E-state index contributed by atoms with van der Waals surface area (Å²) in [6, 6.07) is 0. The lowest BCUT2D eigenvalue weighted by molar-refractivity contribution is -0.138. The number of aromatic nitrogens is 2. The van der Waals surface area contributed by atoms with Gasteiger partial charge in [-0.25, -0.2) is 9.97 Å². The van der Waals surface area contributed by atoms with Crippen LogP contribution < -0.4 is 5.73 Å². The molecule has 1 saturated carbocycles. The second-order valence-corrected chi connectivity index (χ2v) is 5.09. The van der Waals surface area contributed by atoms with Crippen molar-refractivity contribution in [2.24, 2.45) is 17.1 Å². The van der Waals surface area contributed by atoms with Crippen molar-refractivity contribution in [1.82, 2.24) is 9.97 Å². The summed E-state index contributed by atoms with van der Waals surface area (Å²) in [7, 11) is 0.